The first kappa shape index (κ1) is 22.9. The second-order valence-corrected chi connectivity index (χ2v) is 9.43. The van der Waals surface area contributed by atoms with Gasteiger partial charge in [-0.05, 0) is 62.1 Å². The fourth-order valence-electron chi connectivity index (χ4n) is 3.63. The number of hydrogen-bond acceptors (Lipinski definition) is 4. The summed E-state index contributed by atoms with van der Waals surface area (Å²) < 4.78 is 41.2. The second kappa shape index (κ2) is 10.0. The van der Waals surface area contributed by atoms with Crippen LogP contribution >= 0.6 is 0 Å². The standard InChI is InChI=1S/C22H26FN3O4S/c1-16-15-19(10-11-20(16)23)31(29,30)26-14-6-5-9-18(26)12-13-24-21(27)22(28)25-17-7-3-2-4-8-17/h2-4,7-8,10-11,15,18H,5-6,9,12-14H2,1H3,(H,24,27)(H,25,28). The summed E-state index contributed by atoms with van der Waals surface area (Å²) in [6.07, 6.45) is 2.65. The van der Waals surface area contributed by atoms with E-state index < -0.39 is 27.7 Å². The maximum Gasteiger partial charge on any atom is 0.313 e. The van der Waals surface area contributed by atoms with Crippen molar-refractivity contribution in [2.45, 2.75) is 43.5 Å². The Balaban J connectivity index is 1.60. The molecule has 0 aromatic heterocycles. The molecule has 1 unspecified atom stereocenters. The predicted octanol–water partition coefficient (Wildman–Crippen LogP) is 2.82. The SMILES string of the molecule is Cc1cc(S(=O)(=O)N2CCCCC2CCNC(=O)C(=O)Nc2ccccc2)ccc1F. The molecule has 0 radical (unpaired) electrons. The van der Waals surface area contributed by atoms with Crippen LogP contribution in [0.5, 0.6) is 0 Å². The third kappa shape index (κ3) is 5.68. The van der Waals surface area contributed by atoms with Crippen LogP contribution in [0.1, 0.15) is 31.2 Å². The topological polar surface area (TPSA) is 95.6 Å². The quantitative estimate of drug-likeness (QED) is 0.666. The second-order valence-electron chi connectivity index (χ2n) is 7.54. The number of anilines is 1. The van der Waals surface area contributed by atoms with Gasteiger partial charge in [-0.1, -0.05) is 24.6 Å². The number of halogens is 1. The van der Waals surface area contributed by atoms with E-state index in [1.165, 1.54) is 23.4 Å². The van der Waals surface area contributed by atoms with Gasteiger partial charge < -0.3 is 10.6 Å². The van der Waals surface area contributed by atoms with Crippen molar-refractivity contribution >= 4 is 27.5 Å². The first-order valence-corrected chi connectivity index (χ1v) is 11.7. The van der Waals surface area contributed by atoms with E-state index in [0.717, 1.165) is 18.9 Å². The lowest BCUT2D eigenvalue weighted by Crippen LogP contribution is -2.45. The highest BCUT2D eigenvalue weighted by molar-refractivity contribution is 7.89. The first-order chi connectivity index (χ1) is 14.8. The van der Waals surface area contributed by atoms with Crippen molar-refractivity contribution in [2.75, 3.05) is 18.4 Å². The molecule has 3 rings (SSSR count). The number of para-hydroxylation sites is 1. The van der Waals surface area contributed by atoms with Gasteiger partial charge in [-0.25, -0.2) is 12.8 Å². The Hall–Kier alpha value is -2.78. The van der Waals surface area contributed by atoms with E-state index in [9.17, 15) is 22.4 Å². The Labute approximate surface area is 181 Å². The number of aryl methyl sites for hydroxylation is 1. The molecule has 9 heteroatoms. The van der Waals surface area contributed by atoms with E-state index in [0.29, 0.717) is 25.1 Å². The van der Waals surface area contributed by atoms with Crippen LogP contribution in [0.2, 0.25) is 0 Å². The highest BCUT2D eigenvalue weighted by Crippen LogP contribution is 2.27. The molecule has 2 N–H and O–H groups in total. The maximum atomic E-state index is 13.6. The Kier molecular flexibility index (Phi) is 7.40. The molecule has 1 atom stereocenters. The molecule has 2 aromatic carbocycles. The van der Waals surface area contributed by atoms with Crippen molar-refractivity contribution in [1.29, 1.82) is 0 Å². The van der Waals surface area contributed by atoms with Crippen molar-refractivity contribution in [2.24, 2.45) is 0 Å². The minimum Gasteiger partial charge on any atom is -0.348 e. The van der Waals surface area contributed by atoms with Crippen molar-refractivity contribution < 1.29 is 22.4 Å². The van der Waals surface area contributed by atoms with Crippen LogP contribution in [0.4, 0.5) is 10.1 Å². The third-order valence-electron chi connectivity index (χ3n) is 5.31. The van der Waals surface area contributed by atoms with Gasteiger partial charge in [0.25, 0.3) is 0 Å². The number of hydrogen-bond donors (Lipinski definition) is 2. The van der Waals surface area contributed by atoms with Crippen LogP contribution in [-0.2, 0) is 19.6 Å². The van der Waals surface area contributed by atoms with Crippen LogP contribution in [0.15, 0.2) is 53.4 Å². The maximum absolute atomic E-state index is 13.6. The summed E-state index contributed by atoms with van der Waals surface area (Å²) in [6.45, 7) is 2.06. The predicted molar refractivity (Wildman–Crippen MR) is 115 cm³/mol. The fraction of sp³-hybridized carbons (Fsp3) is 0.364. The Morgan fingerprint density at radius 3 is 2.55 bits per heavy atom. The molecule has 0 saturated carbocycles. The average Bonchev–Trinajstić information content (AvgIpc) is 2.76. The molecule has 166 valence electrons. The number of nitrogens with one attached hydrogen (secondary N) is 2. The molecule has 1 fully saturated rings. The summed E-state index contributed by atoms with van der Waals surface area (Å²) in [6, 6.07) is 12.1. The van der Waals surface area contributed by atoms with Crippen LogP contribution in [0.25, 0.3) is 0 Å². The van der Waals surface area contributed by atoms with E-state index in [-0.39, 0.29) is 23.0 Å². The molecule has 1 heterocycles. The monoisotopic (exact) mass is 447 g/mol. The van der Waals surface area contributed by atoms with Gasteiger partial charge >= 0.3 is 11.8 Å². The van der Waals surface area contributed by atoms with Crippen LogP contribution in [0, 0.1) is 12.7 Å². The highest BCUT2D eigenvalue weighted by Gasteiger charge is 2.33. The lowest BCUT2D eigenvalue weighted by atomic mass is 10.0. The fourth-order valence-corrected chi connectivity index (χ4v) is 5.44. The zero-order chi connectivity index (χ0) is 22.4. The number of piperidine rings is 1. The Bertz CT molecular complexity index is 1040. The third-order valence-corrected chi connectivity index (χ3v) is 7.26. The van der Waals surface area contributed by atoms with Crippen LogP contribution in [0.3, 0.4) is 0 Å². The van der Waals surface area contributed by atoms with Crippen molar-refractivity contribution in [3.05, 3.63) is 59.9 Å². The number of benzene rings is 2. The molecule has 0 bridgehead atoms. The van der Waals surface area contributed by atoms with Crippen LogP contribution < -0.4 is 10.6 Å². The zero-order valence-corrected chi connectivity index (χ0v) is 18.1. The lowest BCUT2D eigenvalue weighted by Gasteiger charge is -2.34. The summed E-state index contributed by atoms with van der Waals surface area (Å²) in [5, 5.41) is 5.06. The molecule has 0 spiro atoms. The summed E-state index contributed by atoms with van der Waals surface area (Å²) in [5.74, 6) is -2.00. The largest absolute Gasteiger partial charge is 0.348 e. The van der Waals surface area contributed by atoms with Gasteiger partial charge in [0.1, 0.15) is 5.82 Å². The van der Waals surface area contributed by atoms with E-state index in [1.54, 1.807) is 30.3 Å². The van der Waals surface area contributed by atoms with Crippen LogP contribution in [-0.4, -0.2) is 43.7 Å². The normalized spacial score (nSPS) is 17.2. The molecule has 1 aliphatic heterocycles. The summed E-state index contributed by atoms with van der Waals surface area (Å²) in [7, 11) is -3.78. The Morgan fingerprint density at radius 2 is 1.84 bits per heavy atom. The lowest BCUT2D eigenvalue weighted by molar-refractivity contribution is -0.136. The average molecular weight is 448 g/mol. The summed E-state index contributed by atoms with van der Waals surface area (Å²) in [5.41, 5.74) is 0.785. The molecule has 1 saturated heterocycles. The summed E-state index contributed by atoms with van der Waals surface area (Å²) >= 11 is 0. The van der Waals surface area contributed by atoms with Crippen molar-refractivity contribution in [3.63, 3.8) is 0 Å². The van der Waals surface area contributed by atoms with E-state index in [2.05, 4.69) is 10.6 Å². The number of rotatable bonds is 6. The molecular formula is C22H26FN3O4S. The van der Waals surface area contributed by atoms with E-state index in [4.69, 9.17) is 0 Å². The molecule has 1 aliphatic rings. The number of nitrogens with zero attached hydrogens (tertiary/aromatic N) is 1. The van der Waals surface area contributed by atoms with Gasteiger partial charge in [-0.15, -0.1) is 0 Å². The number of carbonyl (C=O) groups excluding carboxylic acids is 2. The van der Waals surface area contributed by atoms with E-state index >= 15 is 0 Å². The van der Waals surface area contributed by atoms with Gasteiger partial charge in [0.05, 0.1) is 4.90 Å². The molecular weight excluding hydrogens is 421 g/mol. The smallest absolute Gasteiger partial charge is 0.313 e. The zero-order valence-electron chi connectivity index (χ0n) is 17.3. The van der Waals surface area contributed by atoms with Gasteiger partial charge in [0.15, 0.2) is 0 Å². The van der Waals surface area contributed by atoms with E-state index in [1.807, 2.05) is 0 Å². The highest BCUT2D eigenvalue weighted by atomic mass is 32.2. The number of amides is 2. The summed E-state index contributed by atoms with van der Waals surface area (Å²) in [4.78, 5) is 24.1. The van der Waals surface area contributed by atoms with Gasteiger partial charge in [0.2, 0.25) is 10.0 Å². The van der Waals surface area contributed by atoms with Gasteiger partial charge in [-0.2, -0.15) is 4.31 Å². The molecule has 2 amide bonds. The molecule has 2 aromatic rings. The van der Waals surface area contributed by atoms with Gasteiger partial charge in [0, 0.05) is 24.8 Å². The number of carbonyl (C=O) groups is 2. The minimum absolute atomic E-state index is 0.0598. The van der Waals surface area contributed by atoms with Crippen molar-refractivity contribution in [1.82, 2.24) is 9.62 Å². The Morgan fingerprint density at radius 1 is 1.10 bits per heavy atom. The van der Waals surface area contributed by atoms with Crippen molar-refractivity contribution in [3.8, 4) is 0 Å². The first-order valence-electron chi connectivity index (χ1n) is 10.2. The minimum atomic E-state index is -3.78. The number of sulfonamides is 1. The molecule has 0 aliphatic carbocycles. The molecule has 31 heavy (non-hydrogen) atoms. The molecule has 7 nitrogen and oxygen atoms in total. The van der Waals surface area contributed by atoms with Gasteiger partial charge in [-0.3, -0.25) is 9.59 Å².